The second-order valence-corrected chi connectivity index (χ2v) is 9.59. The fourth-order valence-corrected chi connectivity index (χ4v) is 4.02. The molecule has 180 valence electrons. The molecule has 0 aromatic heterocycles. The van der Waals surface area contributed by atoms with Gasteiger partial charge in [-0.1, -0.05) is 37.6 Å². The van der Waals surface area contributed by atoms with E-state index in [0.29, 0.717) is 6.54 Å². The van der Waals surface area contributed by atoms with Crippen LogP contribution in [0.25, 0.3) is 0 Å². The maximum Gasteiger partial charge on any atom is 0.244 e. The van der Waals surface area contributed by atoms with Crippen LogP contribution >= 0.6 is 0 Å². The van der Waals surface area contributed by atoms with Crippen molar-refractivity contribution in [3.05, 3.63) is 65.7 Å². The third kappa shape index (κ3) is 7.52. The second-order valence-electron chi connectivity index (χ2n) is 7.68. The number of anilines is 1. The molecule has 0 bridgehead atoms. The number of unbranched alkanes of at least 4 members (excludes halogenated alkanes) is 1. The van der Waals surface area contributed by atoms with Crippen molar-refractivity contribution < 1.29 is 26.8 Å². The molecule has 0 saturated heterocycles. The number of carbonyl (C=O) groups is 2. The van der Waals surface area contributed by atoms with Crippen LogP contribution in [-0.2, 0) is 26.2 Å². The monoisotopic (exact) mass is 481 g/mol. The summed E-state index contributed by atoms with van der Waals surface area (Å²) in [6.07, 6.45) is 2.51. The largest absolute Gasteiger partial charge is 0.354 e. The lowest BCUT2D eigenvalue weighted by Gasteiger charge is -2.31. The first kappa shape index (κ1) is 26.2. The van der Waals surface area contributed by atoms with Gasteiger partial charge in [0.15, 0.2) is 0 Å². The molecule has 1 N–H and O–H groups in total. The molecule has 10 heteroatoms. The van der Waals surface area contributed by atoms with Crippen LogP contribution in [0.2, 0.25) is 0 Å². The minimum Gasteiger partial charge on any atom is -0.354 e. The molecule has 2 aromatic rings. The summed E-state index contributed by atoms with van der Waals surface area (Å²) in [4.78, 5) is 27.1. The molecular formula is C23H29F2N3O4S. The highest BCUT2D eigenvalue weighted by molar-refractivity contribution is 7.92. The molecule has 7 nitrogen and oxygen atoms in total. The predicted molar refractivity (Wildman–Crippen MR) is 123 cm³/mol. The molecule has 0 saturated carbocycles. The Morgan fingerprint density at radius 2 is 1.79 bits per heavy atom. The number of halogens is 2. The van der Waals surface area contributed by atoms with Gasteiger partial charge in [-0.25, -0.2) is 17.2 Å². The molecule has 2 aromatic carbocycles. The number of rotatable bonds is 11. The average molecular weight is 482 g/mol. The van der Waals surface area contributed by atoms with Crippen LogP contribution in [0.4, 0.5) is 14.5 Å². The topological polar surface area (TPSA) is 86.8 Å². The molecule has 0 radical (unpaired) electrons. The van der Waals surface area contributed by atoms with Crippen molar-refractivity contribution in [3.63, 3.8) is 0 Å². The van der Waals surface area contributed by atoms with E-state index in [1.807, 2.05) is 6.92 Å². The van der Waals surface area contributed by atoms with Gasteiger partial charge in [0.05, 0.1) is 11.9 Å². The van der Waals surface area contributed by atoms with Gasteiger partial charge in [0, 0.05) is 18.7 Å². The van der Waals surface area contributed by atoms with Crippen molar-refractivity contribution in [1.29, 1.82) is 0 Å². The van der Waals surface area contributed by atoms with Crippen molar-refractivity contribution in [2.45, 2.75) is 39.3 Å². The summed E-state index contributed by atoms with van der Waals surface area (Å²) in [5.74, 6) is -2.39. The Hall–Kier alpha value is -3.01. The van der Waals surface area contributed by atoms with Gasteiger partial charge in [0.25, 0.3) is 0 Å². The first-order valence-corrected chi connectivity index (χ1v) is 12.4. The third-order valence-electron chi connectivity index (χ3n) is 5.07. The standard InChI is InChI=1S/C23H29F2N3O4S/c1-4-5-13-26-23(30)17(2)27(15-18-9-6-7-12-21(18)25)22(29)16-28(33(3,31)32)20-11-8-10-19(24)14-20/h6-12,14,17H,4-5,13,15-16H2,1-3H3,(H,26,30). The molecule has 0 heterocycles. The molecule has 33 heavy (non-hydrogen) atoms. The van der Waals surface area contributed by atoms with E-state index in [1.165, 1.54) is 37.3 Å². The Labute approximate surface area is 193 Å². The van der Waals surface area contributed by atoms with Crippen LogP contribution in [0.5, 0.6) is 0 Å². The number of hydrogen-bond acceptors (Lipinski definition) is 4. The van der Waals surface area contributed by atoms with Gasteiger partial charge in [-0.2, -0.15) is 0 Å². The van der Waals surface area contributed by atoms with Crippen molar-refractivity contribution in [2.24, 2.45) is 0 Å². The summed E-state index contributed by atoms with van der Waals surface area (Å²) in [5, 5.41) is 2.73. The smallest absolute Gasteiger partial charge is 0.244 e. The van der Waals surface area contributed by atoms with Crippen molar-refractivity contribution in [2.75, 3.05) is 23.7 Å². The highest BCUT2D eigenvalue weighted by Crippen LogP contribution is 2.20. The molecular weight excluding hydrogens is 452 g/mol. The van der Waals surface area contributed by atoms with Gasteiger partial charge in [-0.3, -0.25) is 13.9 Å². The van der Waals surface area contributed by atoms with Gasteiger partial charge < -0.3 is 10.2 Å². The van der Waals surface area contributed by atoms with E-state index >= 15 is 0 Å². The molecule has 0 aliphatic rings. The fraction of sp³-hybridized carbons (Fsp3) is 0.391. The molecule has 2 amide bonds. The maximum absolute atomic E-state index is 14.3. The van der Waals surface area contributed by atoms with E-state index in [-0.39, 0.29) is 17.8 Å². The number of hydrogen-bond donors (Lipinski definition) is 1. The van der Waals surface area contributed by atoms with E-state index in [0.717, 1.165) is 40.4 Å². The Bertz CT molecular complexity index is 1080. The average Bonchev–Trinajstić information content (AvgIpc) is 2.75. The molecule has 0 spiro atoms. The van der Waals surface area contributed by atoms with Gasteiger partial charge in [-0.05, 0) is 37.6 Å². The lowest BCUT2D eigenvalue weighted by molar-refractivity contribution is -0.139. The summed E-state index contributed by atoms with van der Waals surface area (Å²) < 4.78 is 53.5. The van der Waals surface area contributed by atoms with Crippen LogP contribution in [0.15, 0.2) is 48.5 Å². The van der Waals surface area contributed by atoms with Crippen LogP contribution < -0.4 is 9.62 Å². The number of carbonyl (C=O) groups excluding carboxylic acids is 2. The van der Waals surface area contributed by atoms with Gasteiger partial charge in [0.2, 0.25) is 21.8 Å². The molecule has 1 unspecified atom stereocenters. The highest BCUT2D eigenvalue weighted by Gasteiger charge is 2.30. The van der Waals surface area contributed by atoms with Crippen LogP contribution in [0.3, 0.4) is 0 Å². The summed E-state index contributed by atoms with van der Waals surface area (Å²) in [7, 11) is -3.96. The molecule has 0 fully saturated rings. The zero-order valence-corrected chi connectivity index (χ0v) is 19.7. The molecule has 1 atom stereocenters. The fourth-order valence-electron chi connectivity index (χ4n) is 3.17. The Morgan fingerprint density at radius 3 is 2.39 bits per heavy atom. The summed E-state index contributed by atoms with van der Waals surface area (Å²) >= 11 is 0. The first-order valence-electron chi connectivity index (χ1n) is 10.6. The molecule has 0 aliphatic heterocycles. The number of benzene rings is 2. The highest BCUT2D eigenvalue weighted by atomic mass is 32.2. The Kier molecular flexibility index (Phi) is 9.33. The zero-order valence-electron chi connectivity index (χ0n) is 18.9. The Balaban J connectivity index is 2.36. The number of nitrogens with zero attached hydrogens (tertiary/aromatic N) is 2. The lowest BCUT2D eigenvalue weighted by Crippen LogP contribution is -2.51. The normalized spacial score (nSPS) is 12.2. The first-order chi connectivity index (χ1) is 15.5. The van der Waals surface area contributed by atoms with Gasteiger partial charge in [0.1, 0.15) is 24.2 Å². The van der Waals surface area contributed by atoms with E-state index in [1.54, 1.807) is 6.07 Å². The summed E-state index contributed by atoms with van der Waals surface area (Å²) in [6.45, 7) is 2.96. The lowest BCUT2D eigenvalue weighted by atomic mass is 10.1. The minimum atomic E-state index is -3.96. The van der Waals surface area contributed by atoms with E-state index in [4.69, 9.17) is 0 Å². The van der Waals surface area contributed by atoms with E-state index in [9.17, 15) is 26.8 Å². The van der Waals surface area contributed by atoms with Crippen LogP contribution in [-0.4, -0.2) is 50.5 Å². The van der Waals surface area contributed by atoms with Crippen LogP contribution in [0, 0.1) is 11.6 Å². The third-order valence-corrected chi connectivity index (χ3v) is 6.21. The SMILES string of the molecule is CCCCNC(=O)C(C)N(Cc1ccccc1F)C(=O)CN(c1cccc(F)c1)S(C)(=O)=O. The van der Waals surface area contributed by atoms with Crippen LogP contribution in [0.1, 0.15) is 32.3 Å². The zero-order chi connectivity index (χ0) is 24.6. The minimum absolute atomic E-state index is 0.0308. The van der Waals surface area contributed by atoms with Crippen molar-refractivity contribution >= 4 is 27.5 Å². The van der Waals surface area contributed by atoms with Gasteiger partial charge in [-0.15, -0.1) is 0 Å². The maximum atomic E-state index is 14.3. The summed E-state index contributed by atoms with van der Waals surface area (Å²) in [5.41, 5.74) is 0.146. The van der Waals surface area contributed by atoms with Crippen molar-refractivity contribution in [3.8, 4) is 0 Å². The number of amides is 2. The summed E-state index contributed by atoms with van der Waals surface area (Å²) in [6, 6.07) is 9.66. The predicted octanol–water partition coefficient (Wildman–Crippen LogP) is 3.06. The second kappa shape index (κ2) is 11.7. The molecule has 0 aliphatic carbocycles. The van der Waals surface area contributed by atoms with E-state index < -0.39 is 46.1 Å². The number of nitrogens with one attached hydrogen (secondary N) is 1. The van der Waals surface area contributed by atoms with Crippen molar-refractivity contribution in [1.82, 2.24) is 10.2 Å². The number of sulfonamides is 1. The Morgan fingerprint density at radius 1 is 1.09 bits per heavy atom. The quantitative estimate of drug-likeness (QED) is 0.500. The van der Waals surface area contributed by atoms with E-state index in [2.05, 4.69) is 5.32 Å². The molecule has 2 rings (SSSR count). The van der Waals surface area contributed by atoms with Gasteiger partial charge >= 0.3 is 0 Å².